The second-order valence-electron chi connectivity index (χ2n) is 5.59. The minimum Gasteiger partial charge on any atom is -0.377 e. The van der Waals surface area contributed by atoms with Crippen LogP contribution >= 0.6 is 11.3 Å². The van der Waals surface area contributed by atoms with Crippen molar-refractivity contribution in [3.8, 4) is 0 Å². The van der Waals surface area contributed by atoms with Crippen molar-refractivity contribution in [2.75, 3.05) is 5.32 Å². The first kappa shape index (κ1) is 15.5. The van der Waals surface area contributed by atoms with Gasteiger partial charge in [0.2, 0.25) is 0 Å². The predicted molar refractivity (Wildman–Crippen MR) is 88.1 cm³/mol. The highest BCUT2D eigenvalue weighted by molar-refractivity contribution is 7.10. The summed E-state index contributed by atoms with van der Waals surface area (Å²) < 4.78 is 0. The van der Waals surface area contributed by atoms with Gasteiger partial charge in [-0.25, -0.2) is 0 Å². The minimum atomic E-state index is -0.328. The zero-order valence-electron chi connectivity index (χ0n) is 12.7. The summed E-state index contributed by atoms with van der Waals surface area (Å²) in [5.74, 6) is 0.429. The van der Waals surface area contributed by atoms with Crippen LogP contribution in [0.4, 0.5) is 11.4 Å². The van der Waals surface area contributed by atoms with Crippen molar-refractivity contribution < 1.29 is 4.92 Å². The SMILES string of the molecule is Cc1cc([N+](=O)[O-])c(C)cc1NC(c1cccs1)C(C)C. The van der Waals surface area contributed by atoms with Gasteiger partial charge >= 0.3 is 0 Å². The van der Waals surface area contributed by atoms with Gasteiger partial charge in [0.05, 0.1) is 11.0 Å². The summed E-state index contributed by atoms with van der Waals surface area (Å²) in [6.07, 6.45) is 0. The lowest BCUT2D eigenvalue weighted by Gasteiger charge is -2.24. The lowest BCUT2D eigenvalue weighted by molar-refractivity contribution is -0.385. The molecule has 1 atom stereocenters. The Morgan fingerprint density at radius 1 is 1.24 bits per heavy atom. The molecule has 0 radical (unpaired) electrons. The maximum Gasteiger partial charge on any atom is 0.272 e. The molecule has 0 fully saturated rings. The fourth-order valence-electron chi connectivity index (χ4n) is 2.36. The largest absolute Gasteiger partial charge is 0.377 e. The summed E-state index contributed by atoms with van der Waals surface area (Å²) in [7, 11) is 0. The zero-order chi connectivity index (χ0) is 15.6. The number of anilines is 1. The number of nitrogens with zero attached hydrogens (tertiary/aromatic N) is 1. The van der Waals surface area contributed by atoms with E-state index in [1.165, 1.54) is 4.88 Å². The van der Waals surface area contributed by atoms with Crippen LogP contribution in [-0.4, -0.2) is 4.92 Å². The van der Waals surface area contributed by atoms with Crippen molar-refractivity contribution in [2.24, 2.45) is 5.92 Å². The van der Waals surface area contributed by atoms with Crippen LogP contribution < -0.4 is 5.32 Å². The fourth-order valence-corrected chi connectivity index (χ4v) is 3.30. The molecule has 2 rings (SSSR count). The molecule has 112 valence electrons. The van der Waals surface area contributed by atoms with Gasteiger partial charge in [-0.1, -0.05) is 19.9 Å². The smallest absolute Gasteiger partial charge is 0.272 e. The molecule has 5 heteroatoms. The zero-order valence-corrected chi connectivity index (χ0v) is 13.5. The number of nitro benzene ring substituents is 1. The second-order valence-corrected chi connectivity index (χ2v) is 6.57. The van der Waals surface area contributed by atoms with E-state index in [1.54, 1.807) is 24.3 Å². The third kappa shape index (κ3) is 3.42. The molecule has 0 aliphatic rings. The van der Waals surface area contributed by atoms with Gasteiger partial charge in [0.25, 0.3) is 5.69 Å². The molecule has 4 nitrogen and oxygen atoms in total. The van der Waals surface area contributed by atoms with Gasteiger partial charge in [-0.3, -0.25) is 10.1 Å². The van der Waals surface area contributed by atoms with E-state index in [1.807, 2.05) is 19.1 Å². The standard InChI is InChI=1S/C16H20N2O2S/c1-10(2)16(15-6-5-7-21-15)17-13-8-12(4)14(18(19)20)9-11(13)3/h5-10,16-17H,1-4H3. The van der Waals surface area contributed by atoms with Crippen LogP contribution in [0.25, 0.3) is 0 Å². The maximum absolute atomic E-state index is 11.0. The van der Waals surface area contributed by atoms with Crippen LogP contribution in [-0.2, 0) is 0 Å². The molecule has 0 aliphatic heterocycles. The van der Waals surface area contributed by atoms with E-state index < -0.39 is 0 Å². The Morgan fingerprint density at radius 2 is 1.95 bits per heavy atom. The molecule has 1 heterocycles. The van der Waals surface area contributed by atoms with Crippen molar-refractivity contribution in [3.63, 3.8) is 0 Å². The Bertz CT molecular complexity index is 636. The van der Waals surface area contributed by atoms with Gasteiger partial charge in [-0.05, 0) is 42.8 Å². The molecule has 1 aromatic carbocycles. The van der Waals surface area contributed by atoms with Gasteiger partial charge in [0.15, 0.2) is 0 Å². The lowest BCUT2D eigenvalue weighted by atomic mass is 10.0. The summed E-state index contributed by atoms with van der Waals surface area (Å²) in [5.41, 5.74) is 2.72. The first-order valence-corrected chi connectivity index (χ1v) is 7.83. The Labute approximate surface area is 129 Å². The minimum absolute atomic E-state index is 0.176. The van der Waals surface area contributed by atoms with Gasteiger partial charge in [-0.2, -0.15) is 0 Å². The summed E-state index contributed by atoms with van der Waals surface area (Å²) in [6, 6.07) is 7.89. The highest BCUT2D eigenvalue weighted by atomic mass is 32.1. The summed E-state index contributed by atoms with van der Waals surface area (Å²) in [5, 5.41) is 16.6. The van der Waals surface area contributed by atoms with Crippen LogP contribution in [0.1, 0.15) is 35.9 Å². The number of benzene rings is 1. The van der Waals surface area contributed by atoms with Gasteiger partial charge in [-0.15, -0.1) is 11.3 Å². The summed E-state index contributed by atoms with van der Waals surface area (Å²) in [4.78, 5) is 11.9. The topological polar surface area (TPSA) is 55.2 Å². The Morgan fingerprint density at radius 3 is 2.48 bits per heavy atom. The number of nitro groups is 1. The van der Waals surface area contributed by atoms with Crippen LogP contribution in [0.15, 0.2) is 29.6 Å². The van der Waals surface area contributed by atoms with Gasteiger partial charge in [0.1, 0.15) is 0 Å². The van der Waals surface area contributed by atoms with E-state index in [4.69, 9.17) is 0 Å². The molecule has 1 unspecified atom stereocenters. The number of hydrogen-bond donors (Lipinski definition) is 1. The Balaban J connectivity index is 2.34. The molecular formula is C16H20N2O2S. The molecule has 1 aromatic heterocycles. The van der Waals surface area contributed by atoms with E-state index in [-0.39, 0.29) is 16.7 Å². The number of rotatable bonds is 5. The van der Waals surface area contributed by atoms with E-state index in [9.17, 15) is 10.1 Å². The van der Waals surface area contributed by atoms with E-state index in [0.717, 1.165) is 11.3 Å². The quantitative estimate of drug-likeness (QED) is 0.619. The van der Waals surface area contributed by atoms with E-state index in [0.29, 0.717) is 11.5 Å². The fraction of sp³-hybridized carbons (Fsp3) is 0.375. The van der Waals surface area contributed by atoms with E-state index in [2.05, 4.69) is 30.6 Å². The molecule has 0 amide bonds. The van der Waals surface area contributed by atoms with Crippen molar-refractivity contribution in [2.45, 2.75) is 33.7 Å². The highest BCUT2D eigenvalue weighted by Crippen LogP contribution is 2.33. The van der Waals surface area contributed by atoms with Crippen molar-refractivity contribution in [1.29, 1.82) is 0 Å². The predicted octanol–water partition coefficient (Wildman–Crippen LogP) is 5.08. The monoisotopic (exact) mass is 304 g/mol. The second kappa shape index (κ2) is 6.26. The highest BCUT2D eigenvalue weighted by Gasteiger charge is 2.19. The summed E-state index contributed by atoms with van der Waals surface area (Å²) in [6.45, 7) is 8.02. The average Bonchev–Trinajstić information content (AvgIpc) is 2.92. The molecule has 0 spiro atoms. The van der Waals surface area contributed by atoms with Gasteiger partial charge in [0, 0.05) is 22.2 Å². The number of hydrogen-bond acceptors (Lipinski definition) is 4. The van der Waals surface area contributed by atoms with Crippen molar-refractivity contribution in [3.05, 3.63) is 55.8 Å². The normalized spacial score (nSPS) is 12.4. The van der Waals surface area contributed by atoms with Crippen LogP contribution in [0.2, 0.25) is 0 Å². The lowest BCUT2D eigenvalue weighted by Crippen LogP contribution is -2.16. The van der Waals surface area contributed by atoms with Gasteiger partial charge < -0.3 is 5.32 Å². The molecule has 2 aromatic rings. The molecular weight excluding hydrogens is 284 g/mol. The molecule has 0 aliphatic carbocycles. The summed E-state index contributed by atoms with van der Waals surface area (Å²) >= 11 is 1.73. The Hall–Kier alpha value is -1.88. The first-order valence-electron chi connectivity index (χ1n) is 6.95. The number of aryl methyl sites for hydroxylation is 2. The van der Waals surface area contributed by atoms with Crippen LogP contribution in [0.5, 0.6) is 0 Å². The molecule has 1 N–H and O–H groups in total. The molecule has 0 saturated carbocycles. The average molecular weight is 304 g/mol. The third-order valence-corrected chi connectivity index (χ3v) is 4.52. The number of nitrogens with one attached hydrogen (secondary N) is 1. The van der Waals surface area contributed by atoms with E-state index >= 15 is 0 Å². The molecule has 0 bridgehead atoms. The van der Waals surface area contributed by atoms with Crippen LogP contribution in [0.3, 0.4) is 0 Å². The van der Waals surface area contributed by atoms with Crippen molar-refractivity contribution in [1.82, 2.24) is 0 Å². The Kier molecular flexibility index (Phi) is 4.63. The van der Waals surface area contributed by atoms with Crippen molar-refractivity contribution >= 4 is 22.7 Å². The first-order chi connectivity index (χ1) is 9.90. The molecule has 21 heavy (non-hydrogen) atoms. The van der Waals surface area contributed by atoms with Crippen LogP contribution in [0, 0.1) is 29.9 Å². The number of thiophene rings is 1. The molecule has 0 saturated heterocycles. The third-order valence-electron chi connectivity index (χ3n) is 3.57. The maximum atomic E-state index is 11.0.